The number of hydrogen-bond acceptors (Lipinski definition) is 4. The van der Waals surface area contributed by atoms with Crippen molar-refractivity contribution in [1.29, 1.82) is 0 Å². The van der Waals surface area contributed by atoms with Crippen molar-refractivity contribution in [3.8, 4) is 0 Å². The van der Waals surface area contributed by atoms with Gasteiger partial charge in [0.25, 0.3) is 0 Å². The fraction of sp³-hybridized carbons (Fsp3) is 0.357. The van der Waals surface area contributed by atoms with Gasteiger partial charge in [-0.2, -0.15) is 0 Å². The predicted octanol–water partition coefficient (Wildman–Crippen LogP) is 1.08. The zero-order valence-corrected chi connectivity index (χ0v) is 10.6. The number of carbonyl (C=O) groups is 3. The zero-order chi connectivity index (χ0) is 13.8. The van der Waals surface area contributed by atoms with Gasteiger partial charge in [0.15, 0.2) is 6.10 Å². The molecule has 19 heavy (non-hydrogen) atoms. The Morgan fingerprint density at radius 1 is 1.32 bits per heavy atom. The molecule has 1 saturated heterocycles. The van der Waals surface area contributed by atoms with E-state index in [9.17, 15) is 14.4 Å². The minimum atomic E-state index is -0.854. The zero-order valence-electron chi connectivity index (χ0n) is 10.6. The van der Waals surface area contributed by atoms with E-state index in [2.05, 4.69) is 5.32 Å². The molecule has 0 unspecified atom stereocenters. The summed E-state index contributed by atoms with van der Waals surface area (Å²) in [6, 6.07) is 8.02. The van der Waals surface area contributed by atoms with E-state index in [0.29, 0.717) is 18.4 Å². The summed E-state index contributed by atoms with van der Waals surface area (Å²) in [7, 11) is 0. The minimum absolute atomic E-state index is 0.163. The number of amides is 1. The fourth-order valence-corrected chi connectivity index (χ4v) is 1.94. The van der Waals surface area contributed by atoms with E-state index in [1.807, 2.05) is 6.07 Å². The van der Waals surface area contributed by atoms with E-state index in [-0.39, 0.29) is 11.7 Å². The lowest BCUT2D eigenvalue weighted by Gasteiger charge is -2.15. The molecule has 1 aromatic rings. The van der Waals surface area contributed by atoms with E-state index < -0.39 is 18.1 Å². The summed E-state index contributed by atoms with van der Waals surface area (Å²) in [5.41, 5.74) is 0.498. The second kappa shape index (κ2) is 5.65. The molecule has 2 atom stereocenters. The summed E-state index contributed by atoms with van der Waals surface area (Å²) in [5, 5.41) is 2.51. The summed E-state index contributed by atoms with van der Waals surface area (Å²) < 4.78 is 5.10. The van der Waals surface area contributed by atoms with Crippen molar-refractivity contribution >= 4 is 17.7 Å². The molecule has 5 heteroatoms. The molecule has 0 bridgehead atoms. The smallest absolute Gasteiger partial charge is 0.329 e. The lowest BCUT2D eigenvalue weighted by molar-refractivity contribution is -0.149. The number of benzene rings is 1. The summed E-state index contributed by atoms with van der Waals surface area (Å²) in [4.78, 5) is 34.8. The van der Waals surface area contributed by atoms with Gasteiger partial charge in [0.2, 0.25) is 11.7 Å². The predicted molar refractivity (Wildman–Crippen MR) is 67.5 cm³/mol. The van der Waals surface area contributed by atoms with Crippen LogP contribution in [0.15, 0.2) is 30.3 Å². The second-order valence-electron chi connectivity index (χ2n) is 4.47. The Balaban J connectivity index is 1.94. The highest BCUT2D eigenvalue weighted by molar-refractivity contribution is 6.00. The Morgan fingerprint density at radius 3 is 2.58 bits per heavy atom. The average Bonchev–Trinajstić information content (AvgIpc) is 2.85. The molecule has 0 spiro atoms. The summed E-state index contributed by atoms with van der Waals surface area (Å²) in [5.74, 6) is -0.968. The average molecular weight is 261 g/mol. The molecule has 1 amide bonds. The maximum atomic E-state index is 12.0. The van der Waals surface area contributed by atoms with Crippen molar-refractivity contribution in [2.75, 3.05) is 0 Å². The lowest BCUT2D eigenvalue weighted by atomic mass is 10.1. The standard InChI is InChI=1S/C14H15NO4/c1-9(13(17)10-5-3-2-4-6-10)19-14(18)11-7-8-12(16)15-11/h2-6,9,11H,7-8H2,1H3,(H,15,16)/t9-,11+/m1/s1. The van der Waals surface area contributed by atoms with Crippen LogP contribution < -0.4 is 5.32 Å². The molecule has 0 aliphatic carbocycles. The Kier molecular flexibility index (Phi) is 3.94. The molecule has 1 heterocycles. The molecule has 5 nitrogen and oxygen atoms in total. The topological polar surface area (TPSA) is 72.5 Å². The molecule has 1 aromatic carbocycles. The molecule has 1 N–H and O–H groups in total. The number of Topliss-reactive ketones (excluding diaryl/α,β-unsaturated/α-hetero) is 1. The van der Waals surface area contributed by atoms with Gasteiger partial charge in [0.05, 0.1) is 0 Å². The quantitative estimate of drug-likeness (QED) is 0.650. The SMILES string of the molecule is C[C@@H](OC(=O)[C@@H]1CCC(=O)N1)C(=O)c1ccccc1. The molecular formula is C14H15NO4. The molecule has 0 saturated carbocycles. The van der Waals surface area contributed by atoms with Crippen LogP contribution in [0.1, 0.15) is 30.1 Å². The minimum Gasteiger partial charge on any atom is -0.453 e. The van der Waals surface area contributed by atoms with Crippen LogP contribution >= 0.6 is 0 Å². The van der Waals surface area contributed by atoms with E-state index in [0.717, 1.165) is 0 Å². The van der Waals surface area contributed by atoms with Crippen LogP contribution in [0, 0.1) is 0 Å². The van der Waals surface area contributed by atoms with Crippen LogP contribution in [0.3, 0.4) is 0 Å². The molecular weight excluding hydrogens is 246 g/mol. The molecule has 0 radical (unpaired) electrons. The highest BCUT2D eigenvalue weighted by Gasteiger charge is 2.30. The van der Waals surface area contributed by atoms with E-state index >= 15 is 0 Å². The first-order chi connectivity index (χ1) is 9.08. The number of hydrogen-bond donors (Lipinski definition) is 1. The number of esters is 1. The van der Waals surface area contributed by atoms with Gasteiger partial charge in [-0.3, -0.25) is 9.59 Å². The number of nitrogens with one attached hydrogen (secondary N) is 1. The van der Waals surface area contributed by atoms with Crippen LogP contribution in [0.25, 0.3) is 0 Å². The largest absolute Gasteiger partial charge is 0.453 e. The van der Waals surface area contributed by atoms with Crippen molar-refractivity contribution < 1.29 is 19.1 Å². The van der Waals surface area contributed by atoms with Crippen molar-refractivity contribution in [3.63, 3.8) is 0 Å². The number of carbonyl (C=O) groups excluding carboxylic acids is 3. The first-order valence-corrected chi connectivity index (χ1v) is 6.17. The molecule has 0 aromatic heterocycles. The number of rotatable bonds is 4. The van der Waals surface area contributed by atoms with Crippen LogP contribution in [0.4, 0.5) is 0 Å². The van der Waals surface area contributed by atoms with Crippen LogP contribution in [0.5, 0.6) is 0 Å². The van der Waals surface area contributed by atoms with Gasteiger partial charge in [-0.1, -0.05) is 30.3 Å². The molecule has 1 aliphatic rings. The maximum Gasteiger partial charge on any atom is 0.329 e. The molecule has 100 valence electrons. The molecule has 1 aliphatic heterocycles. The van der Waals surface area contributed by atoms with Gasteiger partial charge in [-0.15, -0.1) is 0 Å². The Labute approximate surface area is 110 Å². The van der Waals surface area contributed by atoms with Gasteiger partial charge >= 0.3 is 5.97 Å². The fourth-order valence-electron chi connectivity index (χ4n) is 1.94. The number of ether oxygens (including phenoxy) is 1. The van der Waals surface area contributed by atoms with E-state index in [4.69, 9.17) is 4.74 Å². The van der Waals surface area contributed by atoms with E-state index in [1.54, 1.807) is 24.3 Å². The highest BCUT2D eigenvalue weighted by atomic mass is 16.5. The molecule has 1 fully saturated rings. The first kappa shape index (κ1) is 13.3. The third kappa shape index (κ3) is 3.19. The van der Waals surface area contributed by atoms with Crippen LogP contribution in [0.2, 0.25) is 0 Å². The monoisotopic (exact) mass is 261 g/mol. The Morgan fingerprint density at radius 2 is 2.00 bits per heavy atom. The van der Waals surface area contributed by atoms with Crippen molar-refractivity contribution in [3.05, 3.63) is 35.9 Å². The third-order valence-electron chi connectivity index (χ3n) is 3.00. The first-order valence-electron chi connectivity index (χ1n) is 6.17. The Bertz CT molecular complexity index is 497. The van der Waals surface area contributed by atoms with Crippen LogP contribution in [-0.4, -0.2) is 29.8 Å². The van der Waals surface area contributed by atoms with Gasteiger partial charge < -0.3 is 10.1 Å². The van der Waals surface area contributed by atoms with E-state index in [1.165, 1.54) is 6.92 Å². The second-order valence-corrected chi connectivity index (χ2v) is 4.47. The summed E-state index contributed by atoms with van der Waals surface area (Å²) >= 11 is 0. The lowest BCUT2D eigenvalue weighted by Crippen LogP contribution is -2.37. The van der Waals surface area contributed by atoms with Gasteiger partial charge in [-0.25, -0.2) is 4.79 Å². The van der Waals surface area contributed by atoms with Gasteiger partial charge in [0, 0.05) is 12.0 Å². The summed E-state index contributed by atoms with van der Waals surface area (Å²) in [6.45, 7) is 1.53. The summed E-state index contributed by atoms with van der Waals surface area (Å²) in [6.07, 6.45) is -0.113. The van der Waals surface area contributed by atoms with Gasteiger partial charge in [0.1, 0.15) is 6.04 Å². The van der Waals surface area contributed by atoms with Gasteiger partial charge in [-0.05, 0) is 13.3 Å². The van der Waals surface area contributed by atoms with Crippen LogP contribution in [-0.2, 0) is 14.3 Å². The maximum absolute atomic E-state index is 12.0. The van der Waals surface area contributed by atoms with Crippen molar-refractivity contribution in [2.45, 2.75) is 31.9 Å². The number of ketones is 1. The van der Waals surface area contributed by atoms with Crippen molar-refractivity contribution in [1.82, 2.24) is 5.32 Å². The normalized spacial score (nSPS) is 19.6. The Hall–Kier alpha value is -2.17. The third-order valence-corrected chi connectivity index (χ3v) is 3.00. The van der Waals surface area contributed by atoms with Crippen molar-refractivity contribution in [2.24, 2.45) is 0 Å². The highest BCUT2D eigenvalue weighted by Crippen LogP contribution is 2.11. The molecule has 2 rings (SSSR count).